The SMILES string of the molecule is CC(C)(C)c1cnc2n(-c3ccccc3)c(N)nc(N)c1-2. The molecule has 1 aromatic carbocycles. The predicted molar refractivity (Wildman–Crippen MR) is 85.5 cm³/mol. The summed E-state index contributed by atoms with van der Waals surface area (Å²) in [4.78, 5) is 8.85. The molecule has 0 atom stereocenters. The van der Waals surface area contributed by atoms with Gasteiger partial charge in [-0.25, -0.2) is 4.98 Å². The van der Waals surface area contributed by atoms with Gasteiger partial charge in [0.25, 0.3) is 0 Å². The van der Waals surface area contributed by atoms with Gasteiger partial charge >= 0.3 is 0 Å². The number of nitrogens with zero attached hydrogens (tertiary/aromatic N) is 3. The van der Waals surface area contributed by atoms with E-state index in [-0.39, 0.29) is 5.41 Å². The van der Waals surface area contributed by atoms with Gasteiger partial charge in [-0.1, -0.05) is 39.0 Å². The summed E-state index contributed by atoms with van der Waals surface area (Å²) in [5.74, 6) is 1.51. The quantitative estimate of drug-likeness (QED) is 0.718. The Labute approximate surface area is 124 Å². The summed E-state index contributed by atoms with van der Waals surface area (Å²) in [7, 11) is 0. The van der Waals surface area contributed by atoms with Crippen LogP contribution in [0.4, 0.5) is 11.8 Å². The molecule has 108 valence electrons. The fourth-order valence-corrected chi connectivity index (χ4v) is 2.54. The molecule has 0 fully saturated rings. The Morgan fingerprint density at radius 2 is 1.71 bits per heavy atom. The molecule has 5 nitrogen and oxygen atoms in total. The zero-order valence-electron chi connectivity index (χ0n) is 12.5. The van der Waals surface area contributed by atoms with Gasteiger partial charge in [0.15, 0.2) is 5.82 Å². The first kappa shape index (κ1) is 13.4. The Hall–Kier alpha value is -2.56. The van der Waals surface area contributed by atoms with E-state index in [2.05, 4.69) is 30.7 Å². The highest BCUT2D eigenvalue weighted by atomic mass is 15.2. The third kappa shape index (κ3) is 2.11. The summed E-state index contributed by atoms with van der Waals surface area (Å²) in [5.41, 5.74) is 15.0. The molecular weight excluding hydrogens is 262 g/mol. The lowest BCUT2D eigenvalue weighted by atomic mass is 9.86. The van der Waals surface area contributed by atoms with E-state index in [1.807, 2.05) is 41.1 Å². The number of para-hydroxylation sites is 1. The summed E-state index contributed by atoms with van der Waals surface area (Å²) in [6.07, 6.45) is 1.86. The molecular formula is C16H19N5. The number of nitrogens with two attached hydrogens (primary N) is 2. The van der Waals surface area contributed by atoms with E-state index in [1.165, 1.54) is 0 Å². The molecule has 0 spiro atoms. The van der Waals surface area contributed by atoms with Crippen LogP contribution in [-0.4, -0.2) is 14.5 Å². The number of hydrogen-bond acceptors (Lipinski definition) is 4. The van der Waals surface area contributed by atoms with Crippen LogP contribution >= 0.6 is 0 Å². The molecule has 0 bridgehead atoms. The van der Waals surface area contributed by atoms with Crippen molar-refractivity contribution in [3.8, 4) is 17.1 Å². The van der Waals surface area contributed by atoms with E-state index in [1.54, 1.807) is 0 Å². The van der Waals surface area contributed by atoms with Crippen molar-refractivity contribution in [1.29, 1.82) is 0 Å². The third-order valence-electron chi connectivity index (χ3n) is 3.56. The number of anilines is 2. The molecule has 1 aromatic rings. The summed E-state index contributed by atoms with van der Waals surface area (Å²) < 4.78 is 1.83. The Morgan fingerprint density at radius 3 is 2.33 bits per heavy atom. The number of fused-ring (bicyclic) bond motifs is 1. The molecule has 0 aromatic heterocycles. The number of benzene rings is 1. The zero-order chi connectivity index (χ0) is 15.2. The third-order valence-corrected chi connectivity index (χ3v) is 3.56. The Morgan fingerprint density at radius 1 is 1.05 bits per heavy atom. The van der Waals surface area contributed by atoms with E-state index < -0.39 is 0 Å². The first-order valence-electron chi connectivity index (χ1n) is 6.88. The minimum Gasteiger partial charge on any atom is -0.383 e. The Balaban J connectivity index is 2.32. The van der Waals surface area contributed by atoms with Crippen molar-refractivity contribution in [1.82, 2.24) is 14.5 Å². The highest BCUT2D eigenvalue weighted by Gasteiger charge is 2.28. The van der Waals surface area contributed by atoms with Crippen molar-refractivity contribution in [3.05, 3.63) is 42.1 Å². The maximum Gasteiger partial charge on any atom is 0.208 e. The van der Waals surface area contributed by atoms with Crippen LogP contribution in [0.25, 0.3) is 17.1 Å². The van der Waals surface area contributed by atoms with Gasteiger partial charge < -0.3 is 11.5 Å². The van der Waals surface area contributed by atoms with Crippen molar-refractivity contribution in [2.75, 3.05) is 11.5 Å². The van der Waals surface area contributed by atoms with Gasteiger partial charge in [-0.05, 0) is 23.1 Å². The van der Waals surface area contributed by atoms with Crippen molar-refractivity contribution in [2.24, 2.45) is 0 Å². The molecule has 5 heteroatoms. The molecule has 0 saturated carbocycles. The van der Waals surface area contributed by atoms with Gasteiger partial charge in [0, 0.05) is 6.20 Å². The van der Waals surface area contributed by atoms with Crippen molar-refractivity contribution >= 4 is 11.8 Å². The summed E-state index contributed by atoms with van der Waals surface area (Å²) >= 11 is 0. The lowest BCUT2D eigenvalue weighted by Gasteiger charge is -2.21. The normalized spacial score (nSPS) is 12.0. The molecule has 2 aliphatic rings. The lowest BCUT2D eigenvalue weighted by Crippen LogP contribution is -2.16. The highest BCUT2D eigenvalue weighted by Crippen LogP contribution is 2.39. The monoisotopic (exact) mass is 281 g/mol. The average Bonchev–Trinajstić information content (AvgIpc) is 2.85. The van der Waals surface area contributed by atoms with E-state index in [0.29, 0.717) is 11.8 Å². The number of hydrogen-bond donors (Lipinski definition) is 2. The largest absolute Gasteiger partial charge is 0.383 e. The molecule has 2 heterocycles. The van der Waals surface area contributed by atoms with Crippen LogP contribution in [0.1, 0.15) is 26.3 Å². The molecule has 0 unspecified atom stereocenters. The Bertz CT molecular complexity index is 753. The van der Waals surface area contributed by atoms with Gasteiger partial charge in [-0.2, -0.15) is 4.98 Å². The molecule has 21 heavy (non-hydrogen) atoms. The van der Waals surface area contributed by atoms with Crippen LogP contribution in [0.15, 0.2) is 36.5 Å². The average molecular weight is 281 g/mol. The van der Waals surface area contributed by atoms with Gasteiger partial charge in [-0.15, -0.1) is 0 Å². The van der Waals surface area contributed by atoms with E-state index in [4.69, 9.17) is 11.5 Å². The smallest absolute Gasteiger partial charge is 0.208 e. The summed E-state index contributed by atoms with van der Waals surface area (Å²) in [5, 5.41) is 0. The summed E-state index contributed by atoms with van der Waals surface area (Å²) in [6.45, 7) is 6.39. The van der Waals surface area contributed by atoms with Crippen LogP contribution in [-0.2, 0) is 5.41 Å². The van der Waals surface area contributed by atoms with Crippen LogP contribution in [0.2, 0.25) is 0 Å². The predicted octanol–water partition coefficient (Wildman–Crippen LogP) is 2.83. The van der Waals surface area contributed by atoms with E-state index >= 15 is 0 Å². The van der Waals surface area contributed by atoms with Crippen LogP contribution < -0.4 is 11.5 Å². The summed E-state index contributed by atoms with van der Waals surface area (Å²) in [6, 6.07) is 9.81. The molecule has 3 rings (SSSR count). The van der Waals surface area contributed by atoms with Crippen molar-refractivity contribution < 1.29 is 0 Å². The second-order valence-electron chi connectivity index (χ2n) is 6.15. The molecule has 4 N–H and O–H groups in total. The number of rotatable bonds is 1. The first-order chi connectivity index (χ1) is 9.89. The second kappa shape index (κ2) is 4.48. The fourth-order valence-electron chi connectivity index (χ4n) is 2.54. The molecule has 0 radical (unpaired) electrons. The lowest BCUT2D eigenvalue weighted by molar-refractivity contribution is 0.592. The van der Waals surface area contributed by atoms with Gasteiger partial charge in [0.2, 0.25) is 5.95 Å². The number of aromatic nitrogens is 3. The minimum atomic E-state index is -0.0603. The molecule has 2 aliphatic heterocycles. The van der Waals surface area contributed by atoms with Gasteiger partial charge in [0.05, 0.1) is 11.3 Å². The van der Waals surface area contributed by atoms with Crippen LogP contribution in [0.5, 0.6) is 0 Å². The standard InChI is InChI=1S/C16H19N5/c1-16(2,3)11-9-19-14-12(11)13(17)20-15(18)21(14)10-7-5-4-6-8-10/h4-9H,17H2,1-3H3,(H2,18,20). The van der Waals surface area contributed by atoms with Crippen molar-refractivity contribution in [3.63, 3.8) is 0 Å². The molecule has 0 amide bonds. The first-order valence-corrected chi connectivity index (χ1v) is 6.88. The van der Waals surface area contributed by atoms with Crippen molar-refractivity contribution in [2.45, 2.75) is 26.2 Å². The molecule has 0 aliphatic carbocycles. The van der Waals surface area contributed by atoms with Crippen LogP contribution in [0.3, 0.4) is 0 Å². The molecule has 0 saturated heterocycles. The number of nitrogen functional groups attached to an aromatic ring is 2. The minimum absolute atomic E-state index is 0.0603. The highest BCUT2D eigenvalue weighted by molar-refractivity contribution is 5.78. The van der Waals surface area contributed by atoms with Gasteiger partial charge in [-0.3, -0.25) is 4.57 Å². The second-order valence-corrected chi connectivity index (χ2v) is 6.15. The maximum absolute atomic E-state index is 6.10. The topological polar surface area (TPSA) is 82.8 Å². The Kier molecular flexibility index (Phi) is 2.86. The fraction of sp³-hybridized carbons (Fsp3) is 0.250. The van der Waals surface area contributed by atoms with Gasteiger partial charge in [0.1, 0.15) is 5.82 Å². The maximum atomic E-state index is 6.10. The van der Waals surface area contributed by atoms with Crippen LogP contribution in [0, 0.1) is 0 Å². The van der Waals surface area contributed by atoms with E-state index in [0.717, 1.165) is 22.6 Å². The van der Waals surface area contributed by atoms with E-state index in [9.17, 15) is 0 Å². The zero-order valence-corrected chi connectivity index (χ0v) is 12.5.